The summed E-state index contributed by atoms with van der Waals surface area (Å²) < 4.78 is 0. The van der Waals surface area contributed by atoms with Gasteiger partial charge in [-0.1, -0.05) is 46.5 Å². The summed E-state index contributed by atoms with van der Waals surface area (Å²) in [4.78, 5) is 0. The molecule has 15 heavy (non-hydrogen) atoms. The zero-order valence-electron chi connectivity index (χ0n) is 10.9. The molecule has 2 fully saturated rings. The fraction of sp³-hybridized carbons (Fsp3) is 1.00. The molecule has 0 heterocycles. The van der Waals surface area contributed by atoms with Crippen LogP contribution in [0.4, 0.5) is 0 Å². The molecule has 0 amide bonds. The Labute approximate surface area is 95.8 Å². The predicted molar refractivity (Wildman–Crippen MR) is 66.9 cm³/mol. The van der Waals surface area contributed by atoms with Crippen LogP contribution in [0.1, 0.15) is 72.1 Å². The predicted octanol–water partition coefficient (Wildman–Crippen LogP) is 5.03. The van der Waals surface area contributed by atoms with E-state index in [2.05, 4.69) is 20.8 Å². The summed E-state index contributed by atoms with van der Waals surface area (Å²) >= 11 is 0. The standard InChI is InChI=1S/C15H28/c1-12-6-4-7-13(12)10-11-15(2,3)14-8-5-9-14/h12-14H,4-11H2,1-3H3/t12?,13-/m0/s1. The Morgan fingerprint density at radius 2 is 1.67 bits per heavy atom. The molecule has 0 nitrogen and oxygen atoms in total. The highest BCUT2D eigenvalue weighted by molar-refractivity contribution is 4.86. The molecular formula is C15H28. The van der Waals surface area contributed by atoms with Crippen LogP contribution in [0.25, 0.3) is 0 Å². The highest BCUT2D eigenvalue weighted by atomic mass is 14.4. The van der Waals surface area contributed by atoms with Crippen LogP contribution in [0.3, 0.4) is 0 Å². The van der Waals surface area contributed by atoms with Gasteiger partial charge in [-0.25, -0.2) is 0 Å². The van der Waals surface area contributed by atoms with Crippen molar-refractivity contribution in [2.75, 3.05) is 0 Å². The van der Waals surface area contributed by atoms with Gasteiger partial charge in [-0.15, -0.1) is 0 Å². The van der Waals surface area contributed by atoms with E-state index in [1.807, 2.05) is 0 Å². The van der Waals surface area contributed by atoms with Crippen molar-refractivity contribution in [2.24, 2.45) is 23.2 Å². The van der Waals surface area contributed by atoms with E-state index in [1.54, 1.807) is 0 Å². The zero-order valence-corrected chi connectivity index (χ0v) is 10.9. The summed E-state index contributed by atoms with van der Waals surface area (Å²) in [5, 5.41) is 0. The van der Waals surface area contributed by atoms with Crippen molar-refractivity contribution in [3.63, 3.8) is 0 Å². The summed E-state index contributed by atoms with van der Waals surface area (Å²) in [6.07, 6.45) is 12.0. The smallest absolute Gasteiger partial charge is 0.0326 e. The van der Waals surface area contributed by atoms with Gasteiger partial charge in [0.25, 0.3) is 0 Å². The molecule has 0 saturated heterocycles. The molecular weight excluding hydrogens is 180 g/mol. The third kappa shape index (κ3) is 2.57. The van der Waals surface area contributed by atoms with Gasteiger partial charge < -0.3 is 0 Å². The van der Waals surface area contributed by atoms with Gasteiger partial charge in [0.1, 0.15) is 0 Å². The van der Waals surface area contributed by atoms with E-state index in [1.165, 1.54) is 51.4 Å². The monoisotopic (exact) mass is 208 g/mol. The molecule has 2 atom stereocenters. The fourth-order valence-corrected chi connectivity index (χ4v) is 3.60. The highest BCUT2D eigenvalue weighted by Crippen LogP contribution is 2.46. The topological polar surface area (TPSA) is 0 Å². The minimum Gasteiger partial charge on any atom is -0.0622 e. The lowest BCUT2D eigenvalue weighted by Crippen LogP contribution is -2.30. The van der Waals surface area contributed by atoms with Crippen LogP contribution in [0, 0.1) is 23.2 Å². The molecule has 2 aliphatic rings. The summed E-state index contributed by atoms with van der Waals surface area (Å²) in [5.74, 6) is 3.13. The maximum Gasteiger partial charge on any atom is -0.0326 e. The first kappa shape index (κ1) is 11.5. The molecule has 1 unspecified atom stereocenters. The van der Waals surface area contributed by atoms with Crippen LogP contribution >= 0.6 is 0 Å². The fourth-order valence-electron chi connectivity index (χ4n) is 3.60. The van der Waals surface area contributed by atoms with Gasteiger partial charge in [0, 0.05) is 0 Å². The van der Waals surface area contributed by atoms with Crippen molar-refractivity contribution in [2.45, 2.75) is 72.1 Å². The Morgan fingerprint density at radius 3 is 2.13 bits per heavy atom. The molecule has 0 aromatic heterocycles. The Bertz CT molecular complexity index is 200. The van der Waals surface area contributed by atoms with Gasteiger partial charge in [0.2, 0.25) is 0 Å². The average Bonchev–Trinajstić information content (AvgIpc) is 2.43. The van der Waals surface area contributed by atoms with Crippen molar-refractivity contribution in [3.8, 4) is 0 Å². The summed E-state index contributed by atoms with van der Waals surface area (Å²) in [6.45, 7) is 7.49. The van der Waals surface area contributed by atoms with Crippen molar-refractivity contribution in [1.29, 1.82) is 0 Å². The van der Waals surface area contributed by atoms with E-state index in [0.717, 1.165) is 17.8 Å². The molecule has 0 aromatic carbocycles. The van der Waals surface area contributed by atoms with Crippen molar-refractivity contribution >= 4 is 0 Å². The lowest BCUT2D eigenvalue weighted by Gasteiger charge is -2.41. The lowest BCUT2D eigenvalue weighted by atomic mass is 9.64. The van der Waals surface area contributed by atoms with E-state index < -0.39 is 0 Å². The van der Waals surface area contributed by atoms with Gasteiger partial charge in [-0.05, 0) is 48.9 Å². The molecule has 0 bridgehead atoms. The highest BCUT2D eigenvalue weighted by Gasteiger charge is 2.34. The van der Waals surface area contributed by atoms with Gasteiger partial charge >= 0.3 is 0 Å². The second-order valence-corrected chi connectivity index (χ2v) is 6.82. The zero-order chi connectivity index (χ0) is 10.9. The Hall–Kier alpha value is 0. The Kier molecular flexibility index (Phi) is 3.42. The van der Waals surface area contributed by atoms with Crippen molar-refractivity contribution < 1.29 is 0 Å². The lowest BCUT2D eigenvalue weighted by molar-refractivity contribution is 0.0998. The van der Waals surface area contributed by atoms with Gasteiger partial charge in [-0.3, -0.25) is 0 Å². The van der Waals surface area contributed by atoms with Crippen LogP contribution in [0.5, 0.6) is 0 Å². The van der Waals surface area contributed by atoms with Gasteiger partial charge in [0.15, 0.2) is 0 Å². The SMILES string of the molecule is CC1CCC[C@H]1CCC(C)(C)C1CCC1. The molecule has 88 valence electrons. The first-order chi connectivity index (χ1) is 7.09. The van der Waals surface area contributed by atoms with Crippen LogP contribution in [0.2, 0.25) is 0 Å². The number of rotatable bonds is 4. The van der Waals surface area contributed by atoms with Crippen LogP contribution < -0.4 is 0 Å². The van der Waals surface area contributed by atoms with Crippen LogP contribution in [-0.4, -0.2) is 0 Å². The van der Waals surface area contributed by atoms with Crippen molar-refractivity contribution in [3.05, 3.63) is 0 Å². The third-order valence-corrected chi connectivity index (χ3v) is 5.41. The summed E-state index contributed by atoms with van der Waals surface area (Å²) in [5.41, 5.74) is 0.639. The molecule has 0 aliphatic heterocycles. The maximum absolute atomic E-state index is 2.51. The van der Waals surface area contributed by atoms with E-state index in [-0.39, 0.29) is 0 Å². The van der Waals surface area contributed by atoms with E-state index in [4.69, 9.17) is 0 Å². The van der Waals surface area contributed by atoms with E-state index >= 15 is 0 Å². The molecule has 0 aromatic rings. The van der Waals surface area contributed by atoms with Gasteiger partial charge in [0.05, 0.1) is 0 Å². The van der Waals surface area contributed by atoms with Crippen LogP contribution in [0.15, 0.2) is 0 Å². The van der Waals surface area contributed by atoms with E-state index in [9.17, 15) is 0 Å². The molecule has 2 rings (SSSR count). The van der Waals surface area contributed by atoms with E-state index in [0.29, 0.717) is 5.41 Å². The number of hydrogen-bond donors (Lipinski definition) is 0. The molecule has 0 spiro atoms. The van der Waals surface area contributed by atoms with Crippen molar-refractivity contribution in [1.82, 2.24) is 0 Å². The average molecular weight is 208 g/mol. The minimum absolute atomic E-state index is 0.639. The minimum atomic E-state index is 0.639. The second-order valence-electron chi connectivity index (χ2n) is 6.82. The normalized spacial score (nSPS) is 33.0. The second kappa shape index (κ2) is 4.47. The molecule has 2 saturated carbocycles. The molecule has 2 aliphatic carbocycles. The van der Waals surface area contributed by atoms with Crippen LogP contribution in [-0.2, 0) is 0 Å². The summed E-state index contributed by atoms with van der Waals surface area (Å²) in [7, 11) is 0. The largest absolute Gasteiger partial charge is 0.0622 e. The first-order valence-corrected chi connectivity index (χ1v) is 7.09. The third-order valence-electron chi connectivity index (χ3n) is 5.41. The number of hydrogen-bond acceptors (Lipinski definition) is 0. The van der Waals surface area contributed by atoms with Gasteiger partial charge in [-0.2, -0.15) is 0 Å². The Balaban J connectivity index is 1.76. The Morgan fingerprint density at radius 1 is 1.00 bits per heavy atom. The molecule has 0 radical (unpaired) electrons. The molecule has 0 N–H and O–H groups in total. The quantitative estimate of drug-likeness (QED) is 0.608. The molecule has 0 heteroatoms. The summed E-state index contributed by atoms with van der Waals surface area (Å²) in [6, 6.07) is 0. The first-order valence-electron chi connectivity index (χ1n) is 7.09. The maximum atomic E-state index is 2.51.